The number of carbonyl (C=O) groups excluding carboxylic acids is 1. The first kappa shape index (κ1) is 13.4. The van der Waals surface area contributed by atoms with E-state index in [0.29, 0.717) is 13.1 Å². The molecule has 0 aliphatic rings. The summed E-state index contributed by atoms with van der Waals surface area (Å²) in [5.41, 5.74) is 5.59. The van der Waals surface area contributed by atoms with Crippen molar-refractivity contribution in [2.24, 2.45) is 11.1 Å². The number of hydrogen-bond donors (Lipinski definition) is 2. The van der Waals surface area contributed by atoms with Gasteiger partial charge in [0.1, 0.15) is 0 Å². The molecule has 0 heterocycles. The van der Waals surface area contributed by atoms with Crippen molar-refractivity contribution in [3.8, 4) is 0 Å². The molecule has 1 unspecified atom stereocenters. The van der Waals surface area contributed by atoms with Gasteiger partial charge in [0, 0.05) is 13.1 Å². The summed E-state index contributed by atoms with van der Waals surface area (Å²) in [4.78, 5) is 13.4. The van der Waals surface area contributed by atoms with Crippen LogP contribution >= 0.6 is 0 Å². The summed E-state index contributed by atoms with van der Waals surface area (Å²) in [6.45, 7) is 8.61. The van der Waals surface area contributed by atoms with Gasteiger partial charge in [0.05, 0.1) is 12.6 Å². The summed E-state index contributed by atoms with van der Waals surface area (Å²) in [7, 11) is 0. The smallest absolute Gasteiger partial charge is 0.240 e. The third kappa shape index (κ3) is 3.64. The van der Waals surface area contributed by atoms with E-state index in [1.54, 1.807) is 4.90 Å². The molecule has 1 amide bonds. The zero-order valence-corrected chi connectivity index (χ0v) is 9.58. The third-order valence-electron chi connectivity index (χ3n) is 2.26. The maximum atomic E-state index is 11.8. The number of aliphatic hydroxyl groups excluding tert-OH is 1. The summed E-state index contributed by atoms with van der Waals surface area (Å²) in [5, 5.41) is 8.77. The molecule has 84 valence electrons. The van der Waals surface area contributed by atoms with Gasteiger partial charge >= 0.3 is 0 Å². The summed E-state index contributed by atoms with van der Waals surface area (Å²) >= 11 is 0. The first-order chi connectivity index (χ1) is 6.34. The largest absolute Gasteiger partial charge is 0.395 e. The zero-order chi connectivity index (χ0) is 11.4. The molecule has 0 bridgehead atoms. The number of rotatable bonds is 4. The molecule has 0 radical (unpaired) electrons. The van der Waals surface area contributed by atoms with Gasteiger partial charge in [-0.05, 0) is 12.3 Å². The van der Waals surface area contributed by atoms with Gasteiger partial charge in [-0.25, -0.2) is 0 Å². The fourth-order valence-electron chi connectivity index (χ4n) is 1.11. The van der Waals surface area contributed by atoms with Crippen LogP contribution in [0.4, 0.5) is 0 Å². The molecule has 3 N–H and O–H groups in total. The van der Waals surface area contributed by atoms with E-state index in [1.807, 2.05) is 27.7 Å². The number of aliphatic hydroxyl groups is 1. The van der Waals surface area contributed by atoms with E-state index in [2.05, 4.69) is 0 Å². The van der Waals surface area contributed by atoms with Crippen LogP contribution in [0.25, 0.3) is 0 Å². The van der Waals surface area contributed by atoms with Crippen molar-refractivity contribution >= 4 is 5.91 Å². The van der Waals surface area contributed by atoms with Crippen molar-refractivity contribution in [1.82, 2.24) is 4.90 Å². The SMILES string of the molecule is CCN(CCO)C(=O)C(N)C(C)(C)C. The van der Waals surface area contributed by atoms with Crippen molar-refractivity contribution in [2.75, 3.05) is 19.7 Å². The minimum Gasteiger partial charge on any atom is -0.395 e. The Labute approximate surface area is 86.1 Å². The fraction of sp³-hybridized carbons (Fsp3) is 0.900. The molecule has 0 saturated heterocycles. The van der Waals surface area contributed by atoms with Gasteiger partial charge in [0.15, 0.2) is 0 Å². The number of nitrogens with zero attached hydrogens (tertiary/aromatic N) is 1. The number of hydrogen-bond acceptors (Lipinski definition) is 3. The molecule has 0 rings (SSSR count). The highest BCUT2D eigenvalue weighted by atomic mass is 16.3. The van der Waals surface area contributed by atoms with Crippen molar-refractivity contribution in [3.05, 3.63) is 0 Å². The molecule has 0 saturated carbocycles. The predicted octanol–water partition coefficient (Wildman–Crippen LogP) is 0.201. The van der Waals surface area contributed by atoms with Crippen molar-refractivity contribution in [2.45, 2.75) is 33.7 Å². The number of amides is 1. The number of carbonyl (C=O) groups is 1. The van der Waals surface area contributed by atoms with Crippen LogP contribution in [-0.4, -0.2) is 41.7 Å². The second kappa shape index (κ2) is 5.32. The Morgan fingerprint density at radius 3 is 2.29 bits per heavy atom. The van der Waals surface area contributed by atoms with Crippen LogP contribution < -0.4 is 5.73 Å². The molecular weight excluding hydrogens is 180 g/mol. The van der Waals surface area contributed by atoms with Crippen LogP contribution in [0.5, 0.6) is 0 Å². The van der Waals surface area contributed by atoms with Gasteiger partial charge in [-0.3, -0.25) is 4.79 Å². The zero-order valence-electron chi connectivity index (χ0n) is 9.58. The molecular formula is C10H22N2O2. The number of likely N-dealkylation sites (N-methyl/N-ethyl adjacent to an activating group) is 1. The van der Waals surface area contributed by atoms with E-state index in [1.165, 1.54) is 0 Å². The van der Waals surface area contributed by atoms with Crippen LogP contribution in [0, 0.1) is 5.41 Å². The van der Waals surface area contributed by atoms with Crippen molar-refractivity contribution < 1.29 is 9.90 Å². The average molecular weight is 202 g/mol. The lowest BCUT2D eigenvalue weighted by Gasteiger charge is -2.31. The standard InChI is InChI=1S/C10H22N2O2/c1-5-12(6-7-13)9(14)8(11)10(2,3)4/h8,13H,5-7,11H2,1-4H3. The van der Waals surface area contributed by atoms with Crippen LogP contribution in [0.15, 0.2) is 0 Å². The first-order valence-electron chi connectivity index (χ1n) is 4.99. The Morgan fingerprint density at radius 1 is 1.50 bits per heavy atom. The molecule has 0 aliphatic heterocycles. The first-order valence-corrected chi connectivity index (χ1v) is 4.99. The average Bonchev–Trinajstić information content (AvgIpc) is 2.10. The highest BCUT2D eigenvalue weighted by Crippen LogP contribution is 2.18. The highest BCUT2D eigenvalue weighted by molar-refractivity contribution is 5.82. The summed E-state index contributed by atoms with van der Waals surface area (Å²) < 4.78 is 0. The summed E-state index contributed by atoms with van der Waals surface area (Å²) in [6, 6.07) is -0.506. The highest BCUT2D eigenvalue weighted by Gasteiger charge is 2.30. The maximum absolute atomic E-state index is 11.8. The summed E-state index contributed by atoms with van der Waals surface area (Å²) in [5.74, 6) is -0.0888. The quantitative estimate of drug-likeness (QED) is 0.684. The van der Waals surface area contributed by atoms with Crippen LogP contribution in [-0.2, 0) is 4.79 Å². The normalized spacial score (nSPS) is 13.9. The van der Waals surface area contributed by atoms with Crippen LogP contribution in [0.1, 0.15) is 27.7 Å². The van der Waals surface area contributed by atoms with Crippen LogP contribution in [0.2, 0.25) is 0 Å². The van der Waals surface area contributed by atoms with Gasteiger partial charge in [0.25, 0.3) is 0 Å². The van der Waals surface area contributed by atoms with E-state index in [0.717, 1.165) is 0 Å². The monoisotopic (exact) mass is 202 g/mol. The minimum absolute atomic E-state index is 0.0174. The minimum atomic E-state index is -0.506. The molecule has 1 atom stereocenters. The maximum Gasteiger partial charge on any atom is 0.240 e. The molecule has 4 nitrogen and oxygen atoms in total. The van der Waals surface area contributed by atoms with E-state index in [9.17, 15) is 4.79 Å². The van der Waals surface area contributed by atoms with E-state index < -0.39 is 6.04 Å². The Bertz CT molecular complexity index is 187. The van der Waals surface area contributed by atoms with Gasteiger partial charge in [-0.1, -0.05) is 20.8 Å². The molecule has 0 spiro atoms. The fourth-order valence-corrected chi connectivity index (χ4v) is 1.11. The lowest BCUT2D eigenvalue weighted by atomic mass is 9.86. The van der Waals surface area contributed by atoms with Gasteiger partial charge in [0.2, 0.25) is 5.91 Å². The van der Waals surface area contributed by atoms with E-state index in [-0.39, 0.29) is 17.9 Å². The summed E-state index contributed by atoms with van der Waals surface area (Å²) in [6.07, 6.45) is 0. The Morgan fingerprint density at radius 2 is 2.00 bits per heavy atom. The molecule has 0 aliphatic carbocycles. The third-order valence-corrected chi connectivity index (χ3v) is 2.26. The van der Waals surface area contributed by atoms with Gasteiger partial charge < -0.3 is 15.7 Å². The Kier molecular flexibility index (Phi) is 5.08. The van der Waals surface area contributed by atoms with Crippen molar-refractivity contribution in [3.63, 3.8) is 0 Å². The Hall–Kier alpha value is -0.610. The molecule has 0 aromatic rings. The molecule has 0 fully saturated rings. The topological polar surface area (TPSA) is 66.6 Å². The van der Waals surface area contributed by atoms with Crippen LogP contribution in [0.3, 0.4) is 0 Å². The van der Waals surface area contributed by atoms with E-state index >= 15 is 0 Å². The van der Waals surface area contributed by atoms with Gasteiger partial charge in [-0.15, -0.1) is 0 Å². The molecule has 0 aromatic heterocycles. The lowest BCUT2D eigenvalue weighted by molar-refractivity contribution is -0.135. The molecule has 0 aromatic carbocycles. The second-order valence-electron chi connectivity index (χ2n) is 4.49. The second-order valence-corrected chi connectivity index (χ2v) is 4.49. The predicted molar refractivity (Wildman–Crippen MR) is 56.8 cm³/mol. The number of nitrogens with two attached hydrogens (primary N) is 1. The van der Waals surface area contributed by atoms with Gasteiger partial charge in [-0.2, -0.15) is 0 Å². The van der Waals surface area contributed by atoms with Crippen molar-refractivity contribution in [1.29, 1.82) is 0 Å². The molecule has 14 heavy (non-hydrogen) atoms. The molecule has 4 heteroatoms. The lowest BCUT2D eigenvalue weighted by Crippen LogP contribution is -2.51. The Balaban J connectivity index is 4.42. The van der Waals surface area contributed by atoms with E-state index in [4.69, 9.17) is 10.8 Å².